The zero-order chi connectivity index (χ0) is 8.85. The van der Waals surface area contributed by atoms with Gasteiger partial charge in [-0.3, -0.25) is 4.99 Å². The summed E-state index contributed by atoms with van der Waals surface area (Å²) in [7, 11) is 3.25. The van der Waals surface area contributed by atoms with E-state index in [-0.39, 0.29) is 0 Å². The molecule has 0 aliphatic heterocycles. The number of rotatable bonds is 1. The Hall–Kier alpha value is -1.12. The van der Waals surface area contributed by atoms with Crippen LogP contribution in [-0.2, 0) is 4.74 Å². The van der Waals surface area contributed by atoms with Crippen molar-refractivity contribution in [1.82, 2.24) is 0 Å². The number of hydrogen-bond donors (Lipinski definition) is 0. The Morgan fingerprint density at radius 2 is 1.91 bits per heavy atom. The fraction of sp³-hybridized carbons (Fsp3) is 0.500. The molecule has 11 heavy (non-hydrogen) atoms. The van der Waals surface area contributed by atoms with Crippen LogP contribution < -0.4 is 0 Å². The van der Waals surface area contributed by atoms with Crippen LogP contribution in [0.4, 0.5) is 0 Å². The van der Waals surface area contributed by atoms with Gasteiger partial charge in [0.1, 0.15) is 5.84 Å². The molecule has 0 amide bonds. The first-order valence-electron chi connectivity index (χ1n) is 3.33. The summed E-state index contributed by atoms with van der Waals surface area (Å²) in [5, 5.41) is 0. The minimum atomic E-state index is 0.535. The van der Waals surface area contributed by atoms with E-state index in [9.17, 15) is 0 Å². The Balaban J connectivity index is 4.49. The standard InChI is InChI=1S/C8H14N2O/c1-6(2)8(11-5)10-7(3)9-4/h1H2,2-5H3. The molecule has 3 heteroatoms. The van der Waals surface area contributed by atoms with Gasteiger partial charge in [0.05, 0.1) is 7.11 Å². The third-order valence-corrected chi connectivity index (χ3v) is 1.15. The summed E-state index contributed by atoms with van der Waals surface area (Å²) in [5.41, 5.74) is 0.801. The third kappa shape index (κ3) is 3.55. The molecule has 0 saturated carbocycles. The molecule has 0 bridgehead atoms. The molecule has 0 saturated heterocycles. The summed E-state index contributed by atoms with van der Waals surface area (Å²) >= 11 is 0. The van der Waals surface area contributed by atoms with Crippen LogP contribution >= 0.6 is 0 Å². The highest BCUT2D eigenvalue weighted by Crippen LogP contribution is 1.95. The van der Waals surface area contributed by atoms with Crippen LogP contribution in [0.5, 0.6) is 0 Å². The van der Waals surface area contributed by atoms with Gasteiger partial charge >= 0.3 is 0 Å². The summed E-state index contributed by atoms with van der Waals surface area (Å²) in [5.74, 6) is 1.22. The maximum atomic E-state index is 4.95. The molecule has 0 aromatic carbocycles. The van der Waals surface area contributed by atoms with Gasteiger partial charge < -0.3 is 4.74 Å². The van der Waals surface area contributed by atoms with Crippen molar-refractivity contribution in [1.29, 1.82) is 0 Å². The van der Waals surface area contributed by atoms with E-state index in [0.717, 1.165) is 5.57 Å². The zero-order valence-corrected chi connectivity index (χ0v) is 7.51. The molecule has 62 valence electrons. The number of nitrogens with zero attached hydrogens (tertiary/aromatic N) is 2. The first-order valence-corrected chi connectivity index (χ1v) is 3.33. The average Bonchev–Trinajstić information content (AvgIpc) is 1.99. The lowest BCUT2D eigenvalue weighted by Gasteiger charge is -2.02. The van der Waals surface area contributed by atoms with Gasteiger partial charge in [-0.2, -0.15) is 4.99 Å². The smallest absolute Gasteiger partial charge is 0.217 e. The molecule has 0 atom stereocenters. The lowest BCUT2D eigenvalue weighted by molar-refractivity contribution is 0.404. The fourth-order valence-electron chi connectivity index (χ4n) is 0.512. The Labute approximate surface area is 67.5 Å². The summed E-state index contributed by atoms with van der Waals surface area (Å²) < 4.78 is 4.95. The van der Waals surface area contributed by atoms with E-state index >= 15 is 0 Å². The third-order valence-electron chi connectivity index (χ3n) is 1.15. The predicted octanol–water partition coefficient (Wildman–Crippen LogP) is 1.66. The minimum Gasteiger partial charge on any atom is -0.481 e. The number of aliphatic imine (C=N–C) groups is 2. The second kappa shape index (κ2) is 4.66. The number of ether oxygens (including phenoxy) is 1. The van der Waals surface area contributed by atoms with Crippen molar-refractivity contribution in [2.45, 2.75) is 13.8 Å². The van der Waals surface area contributed by atoms with Crippen LogP contribution in [0.1, 0.15) is 13.8 Å². The topological polar surface area (TPSA) is 34.0 Å². The predicted molar refractivity (Wildman–Crippen MR) is 48.3 cm³/mol. The SMILES string of the molecule is C=C(C)C(=NC(C)=NC)OC. The molecular weight excluding hydrogens is 140 g/mol. The molecule has 0 radical (unpaired) electrons. The lowest BCUT2D eigenvalue weighted by atomic mass is 10.3. The first kappa shape index (κ1) is 9.88. The number of methoxy groups -OCH3 is 1. The molecule has 0 N–H and O–H groups in total. The van der Waals surface area contributed by atoms with E-state index in [0.29, 0.717) is 11.7 Å². The molecule has 0 aliphatic carbocycles. The number of amidine groups is 1. The van der Waals surface area contributed by atoms with Crippen LogP contribution in [0, 0.1) is 0 Å². The van der Waals surface area contributed by atoms with Crippen molar-refractivity contribution in [2.75, 3.05) is 14.2 Å². The highest BCUT2D eigenvalue weighted by molar-refractivity contribution is 6.01. The van der Waals surface area contributed by atoms with E-state index in [1.54, 1.807) is 14.2 Å². The second-order valence-corrected chi connectivity index (χ2v) is 2.17. The normalized spacial score (nSPS) is 13.1. The molecule has 0 unspecified atom stereocenters. The average molecular weight is 154 g/mol. The van der Waals surface area contributed by atoms with Crippen molar-refractivity contribution >= 4 is 11.7 Å². The molecule has 0 aromatic rings. The van der Waals surface area contributed by atoms with E-state index in [2.05, 4.69) is 16.6 Å². The minimum absolute atomic E-state index is 0.535. The summed E-state index contributed by atoms with van der Waals surface area (Å²) in [6.07, 6.45) is 0. The Kier molecular flexibility index (Phi) is 4.18. The molecule has 0 spiro atoms. The van der Waals surface area contributed by atoms with Gasteiger partial charge in [0.2, 0.25) is 5.90 Å². The molecule has 0 aromatic heterocycles. The van der Waals surface area contributed by atoms with Gasteiger partial charge in [0, 0.05) is 12.6 Å². The zero-order valence-electron chi connectivity index (χ0n) is 7.51. The molecule has 0 heterocycles. The van der Waals surface area contributed by atoms with Gasteiger partial charge in [-0.25, -0.2) is 0 Å². The highest BCUT2D eigenvalue weighted by Gasteiger charge is 1.97. The van der Waals surface area contributed by atoms with Crippen molar-refractivity contribution in [2.24, 2.45) is 9.98 Å². The highest BCUT2D eigenvalue weighted by atomic mass is 16.5. The summed E-state index contributed by atoms with van der Waals surface area (Å²) in [4.78, 5) is 7.92. The van der Waals surface area contributed by atoms with Gasteiger partial charge in [-0.1, -0.05) is 6.58 Å². The number of hydrogen-bond acceptors (Lipinski definition) is 2. The fourth-order valence-corrected chi connectivity index (χ4v) is 0.512. The summed E-state index contributed by atoms with van der Waals surface area (Å²) in [6, 6.07) is 0. The van der Waals surface area contributed by atoms with Crippen LogP contribution in [0.3, 0.4) is 0 Å². The van der Waals surface area contributed by atoms with E-state index in [4.69, 9.17) is 4.74 Å². The van der Waals surface area contributed by atoms with E-state index in [1.807, 2.05) is 13.8 Å². The quantitative estimate of drug-likeness (QED) is 0.417. The first-order chi connectivity index (χ1) is 5.11. The molecular formula is C8H14N2O. The van der Waals surface area contributed by atoms with Gasteiger partial charge in [-0.15, -0.1) is 0 Å². The van der Waals surface area contributed by atoms with Gasteiger partial charge in [0.15, 0.2) is 0 Å². The van der Waals surface area contributed by atoms with Crippen molar-refractivity contribution in [3.05, 3.63) is 12.2 Å². The maximum Gasteiger partial charge on any atom is 0.217 e. The van der Waals surface area contributed by atoms with Crippen LogP contribution in [0.25, 0.3) is 0 Å². The van der Waals surface area contributed by atoms with Crippen LogP contribution in [-0.4, -0.2) is 25.9 Å². The van der Waals surface area contributed by atoms with Crippen LogP contribution in [0.15, 0.2) is 22.1 Å². The molecule has 3 nitrogen and oxygen atoms in total. The van der Waals surface area contributed by atoms with E-state index in [1.165, 1.54) is 0 Å². The van der Waals surface area contributed by atoms with Crippen LogP contribution in [0.2, 0.25) is 0 Å². The molecule has 0 rings (SSSR count). The second-order valence-electron chi connectivity index (χ2n) is 2.17. The molecule has 0 aliphatic rings. The van der Waals surface area contributed by atoms with Crippen molar-refractivity contribution in [3.8, 4) is 0 Å². The van der Waals surface area contributed by atoms with Gasteiger partial charge in [-0.05, 0) is 13.8 Å². The monoisotopic (exact) mass is 154 g/mol. The molecule has 0 fully saturated rings. The van der Waals surface area contributed by atoms with Gasteiger partial charge in [0.25, 0.3) is 0 Å². The Bertz CT molecular complexity index is 204. The van der Waals surface area contributed by atoms with E-state index < -0.39 is 0 Å². The van der Waals surface area contributed by atoms with Crippen molar-refractivity contribution < 1.29 is 4.74 Å². The Morgan fingerprint density at radius 3 is 2.18 bits per heavy atom. The van der Waals surface area contributed by atoms with Crippen molar-refractivity contribution in [3.63, 3.8) is 0 Å². The maximum absolute atomic E-state index is 4.95. The lowest BCUT2D eigenvalue weighted by Crippen LogP contribution is -2.04. The largest absolute Gasteiger partial charge is 0.481 e. The summed E-state index contributed by atoms with van der Waals surface area (Å²) in [6.45, 7) is 7.35. The Morgan fingerprint density at radius 1 is 1.36 bits per heavy atom.